The number of hydrogen-bond donors (Lipinski definition) is 2. The zero-order chi connectivity index (χ0) is 12.3. The second-order valence-electron chi connectivity index (χ2n) is 4.10. The van der Waals surface area contributed by atoms with Crippen LogP contribution >= 0.6 is 22.6 Å². The monoisotopic (exact) mass is 366 g/mol. The Morgan fingerprint density at radius 2 is 1.76 bits per heavy atom. The van der Waals surface area contributed by atoms with Crippen LogP contribution in [0.15, 0.2) is 29.2 Å². The SMILES string of the molecule is O=S(=O)(NC1CCNCC1)c1ccc(I)cc1. The summed E-state index contributed by atoms with van der Waals surface area (Å²) in [6, 6.07) is 6.95. The van der Waals surface area contributed by atoms with E-state index in [0.717, 1.165) is 29.5 Å². The molecule has 0 unspecified atom stereocenters. The molecular formula is C11H15IN2O2S. The Kier molecular flexibility index (Phi) is 4.40. The van der Waals surface area contributed by atoms with E-state index in [4.69, 9.17) is 0 Å². The molecule has 1 fully saturated rings. The zero-order valence-corrected chi connectivity index (χ0v) is 12.3. The standard InChI is InChI=1S/C11H15IN2O2S/c12-9-1-3-11(4-2-9)17(15,16)14-10-5-7-13-8-6-10/h1-4,10,13-14H,5-8H2. The average molecular weight is 366 g/mol. The van der Waals surface area contributed by atoms with Crippen molar-refractivity contribution in [3.8, 4) is 0 Å². The van der Waals surface area contributed by atoms with Gasteiger partial charge < -0.3 is 5.32 Å². The van der Waals surface area contributed by atoms with Gasteiger partial charge in [0.2, 0.25) is 10.0 Å². The largest absolute Gasteiger partial charge is 0.317 e. The Labute approximate surface area is 115 Å². The van der Waals surface area contributed by atoms with E-state index in [1.54, 1.807) is 24.3 Å². The molecule has 0 aliphatic carbocycles. The summed E-state index contributed by atoms with van der Waals surface area (Å²) in [6.45, 7) is 1.75. The fraction of sp³-hybridized carbons (Fsp3) is 0.455. The van der Waals surface area contributed by atoms with Gasteiger partial charge in [-0.25, -0.2) is 13.1 Å². The van der Waals surface area contributed by atoms with Crippen LogP contribution in [0.5, 0.6) is 0 Å². The van der Waals surface area contributed by atoms with Crippen LogP contribution in [0.25, 0.3) is 0 Å². The summed E-state index contributed by atoms with van der Waals surface area (Å²) in [5.41, 5.74) is 0. The van der Waals surface area contributed by atoms with Crippen LogP contribution in [0.3, 0.4) is 0 Å². The molecule has 1 saturated heterocycles. The first-order valence-corrected chi connectivity index (χ1v) is 8.13. The minimum atomic E-state index is -3.36. The highest BCUT2D eigenvalue weighted by molar-refractivity contribution is 14.1. The Balaban J connectivity index is 2.10. The van der Waals surface area contributed by atoms with Gasteiger partial charge in [0.1, 0.15) is 0 Å². The quantitative estimate of drug-likeness (QED) is 0.794. The highest BCUT2D eigenvalue weighted by atomic mass is 127. The molecule has 0 radical (unpaired) electrons. The minimum absolute atomic E-state index is 0.0560. The molecule has 4 nitrogen and oxygen atoms in total. The third-order valence-corrected chi connectivity index (χ3v) is 5.04. The van der Waals surface area contributed by atoms with E-state index < -0.39 is 10.0 Å². The molecular weight excluding hydrogens is 351 g/mol. The van der Waals surface area contributed by atoms with E-state index in [2.05, 4.69) is 32.6 Å². The molecule has 0 amide bonds. The Morgan fingerprint density at radius 3 is 2.35 bits per heavy atom. The summed E-state index contributed by atoms with van der Waals surface area (Å²) in [7, 11) is -3.36. The lowest BCUT2D eigenvalue weighted by Crippen LogP contribution is -2.42. The van der Waals surface area contributed by atoms with Gasteiger partial charge in [0.15, 0.2) is 0 Å². The van der Waals surface area contributed by atoms with Gasteiger partial charge in [0, 0.05) is 9.61 Å². The Bertz CT molecular complexity index is 467. The first-order valence-electron chi connectivity index (χ1n) is 5.56. The number of piperidine rings is 1. The number of sulfonamides is 1. The molecule has 0 aromatic heterocycles. The fourth-order valence-corrected chi connectivity index (χ4v) is 3.51. The van der Waals surface area contributed by atoms with Gasteiger partial charge in [0.05, 0.1) is 4.90 Å². The van der Waals surface area contributed by atoms with Gasteiger partial charge >= 0.3 is 0 Å². The maximum Gasteiger partial charge on any atom is 0.240 e. The van der Waals surface area contributed by atoms with E-state index in [0.29, 0.717) is 4.90 Å². The van der Waals surface area contributed by atoms with Crippen molar-refractivity contribution in [2.24, 2.45) is 0 Å². The van der Waals surface area contributed by atoms with E-state index in [1.165, 1.54) is 0 Å². The number of benzene rings is 1. The highest BCUT2D eigenvalue weighted by Gasteiger charge is 2.21. The molecule has 6 heteroatoms. The molecule has 1 aliphatic heterocycles. The van der Waals surface area contributed by atoms with Crippen molar-refractivity contribution in [2.75, 3.05) is 13.1 Å². The summed E-state index contributed by atoms with van der Waals surface area (Å²) < 4.78 is 27.9. The maximum absolute atomic E-state index is 12.1. The van der Waals surface area contributed by atoms with Gasteiger partial charge in [-0.05, 0) is 72.8 Å². The van der Waals surface area contributed by atoms with E-state index in [9.17, 15) is 8.42 Å². The Hall–Kier alpha value is -0.180. The Morgan fingerprint density at radius 1 is 1.18 bits per heavy atom. The van der Waals surface area contributed by atoms with Gasteiger partial charge in [-0.15, -0.1) is 0 Å². The lowest BCUT2D eigenvalue weighted by Gasteiger charge is -2.23. The van der Waals surface area contributed by atoms with Crippen LogP contribution in [-0.2, 0) is 10.0 Å². The maximum atomic E-state index is 12.1. The highest BCUT2D eigenvalue weighted by Crippen LogP contribution is 2.14. The van der Waals surface area contributed by atoms with Crippen LogP contribution < -0.4 is 10.0 Å². The molecule has 1 aliphatic rings. The smallest absolute Gasteiger partial charge is 0.240 e. The summed E-state index contributed by atoms with van der Waals surface area (Å²) in [5, 5.41) is 3.21. The van der Waals surface area contributed by atoms with Crippen LogP contribution in [0.2, 0.25) is 0 Å². The average Bonchev–Trinajstić information content (AvgIpc) is 2.30. The predicted molar refractivity (Wildman–Crippen MR) is 75.4 cm³/mol. The molecule has 2 N–H and O–H groups in total. The fourth-order valence-electron chi connectivity index (χ4n) is 1.84. The normalized spacial score (nSPS) is 18.2. The number of halogens is 1. The van der Waals surface area contributed by atoms with Gasteiger partial charge in [-0.3, -0.25) is 0 Å². The third-order valence-electron chi connectivity index (χ3n) is 2.78. The zero-order valence-electron chi connectivity index (χ0n) is 9.32. The van der Waals surface area contributed by atoms with Crippen molar-refractivity contribution in [1.29, 1.82) is 0 Å². The molecule has 1 aromatic rings. The summed E-state index contributed by atoms with van der Waals surface area (Å²) in [5.74, 6) is 0. The van der Waals surface area contributed by atoms with Crippen LogP contribution in [0.1, 0.15) is 12.8 Å². The van der Waals surface area contributed by atoms with Crippen molar-refractivity contribution < 1.29 is 8.42 Å². The van der Waals surface area contributed by atoms with Crippen LogP contribution in [-0.4, -0.2) is 27.5 Å². The van der Waals surface area contributed by atoms with Crippen molar-refractivity contribution >= 4 is 32.6 Å². The second kappa shape index (κ2) is 5.64. The molecule has 17 heavy (non-hydrogen) atoms. The van der Waals surface area contributed by atoms with Gasteiger partial charge in [0.25, 0.3) is 0 Å². The lowest BCUT2D eigenvalue weighted by atomic mass is 10.1. The molecule has 0 atom stereocenters. The number of hydrogen-bond acceptors (Lipinski definition) is 3. The predicted octanol–water partition coefficient (Wildman–Crippen LogP) is 1.32. The molecule has 0 saturated carbocycles. The van der Waals surface area contributed by atoms with Crippen molar-refractivity contribution in [3.05, 3.63) is 27.8 Å². The number of rotatable bonds is 3. The topological polar surface area (TPSA) is 58.2 Å². The van der Waals surface area contributed by atoms with E-state index in [-0.39, 0.29) is 6.04 Å². The summed E-state index contributed by atoms with van der Waals surface area (Å²) >= 11 is 2.16. The van der Waals surface area contributed by atoms with Crippen LogP contribution in [0.4, 0.5) is 0 Å². The molecule has 0 spiro atoms. The first-order chi connectivity index (χ1) is 8.08. The van der Waals surface area contributed by atoms with E-state index >= 15 is 0 Å². The minimum Gasteiger partial charge on any atom is -0.317 e. The summed E-state index contributed by atoms with van der Waals surface area (Å²) in [4.78, 5) is 0.344. The third kappa shape index (κ3) is 3.64. The molecule has 0 bridgehead atoms. The summed E-state index contributed by atoms with van der Waals surface area (Å²) in [6.07, 6.45) is 1.70. The lowest BCUT2D eigenvalue weighted by molar-refractivity contribution is 0.427. The first kappa shape index (κ1) is 13.3. The second-order valence-corrected chi connectivity index (χ2v) is 7.06. The van der Waals surface area contributed by atoms with Gasteiger partial charge in [-0.2, -0.15) is 0 Å². The van der Waals surface area contributed by atoms with Crippen LogP contribution in [0, 0.1) is 3.57 Å². The molecule has 2 rings (SSSR count). The van der Waals surface area contributed by atoms with Crippen molar-refractivity contribution in [3.63, 3.8) is 0 Å². The number of nitrogens with one attached hydrogen (secondary N) is 2. The van der Waals surface area contributed by atoms with E-state index in [1.807, 2.05) is 0 Å². The van der Waals surface area contributed by atoms with Crippen molar-refractivity contribution in [2.45, 2.75) is 23.8 Å². The molecule has 1 heterocycles. The molecule has 1 aromatic carbocycles. The van der Waals surface area contributed by atoms with Gasteiger partial charge in [-0.1, -0.05) is 0 Å². The molecule has 94 valence electrons. The van der Waals surface area contributed by atoms with Crippen molar-refractivity contribution in [1.82, 2.24) is 10.0 Å².